The largest absolute Gasteiger partial charge is 0.357 e. The molecule has 1 heterocycles. The van der Waals surface area contributed by atoms with Gasteiger partial charge in [0.05, 0.1) is 0 Å². The first-order valence-corrected chi connectivity index (χ1v) is 8.88. The van der Waals surface area contributed by atoms with Crippen LogP contribution in [0.2, 0.25) is 0 Å². The van der Waals surface area contributed by atoms with Crippen molar-refractivity contribution in [3.8, 4) is 0 Å². The number of rotatable bonds is 9. The summed E-state index contributed by atoms with van der Waals surface area (Å²) in [5, 5.41) is 11.0. The fourth-order valence-corrected chi connectivity index (χ4v) is 2.62. The van der Waals surface area contributed by atoms with E-state index in [1.165, 1.54) is 5.56 Å². The van der Waals surface area contributed by atoms with E-state index < -0.39 is 0 Å². The van der Waals surface area contributed by atoms with Crippen LogP contribution >= 0.6 is 0 Å². The van der Waals surface area contributed by atoms with Gasteiger partial charge >= 0.3 is 0 Å². The number of aromatic nitrogens is 2. The Bertz CT molecular complexity index is 577. The maximum absolute atomic E-state index is 4.77. The molecule has 2 aromatic rings. The molecule has 0 saturated heterocycles. The quantitative estimate of drug-likeness (QED) is 0.423. The molecule has 2 rings (SSSR count). The maximum Gasteiger partial charge on any atom is 0.191 e. The van der Waals surface area contributed by atoms with Crippen LogP contribution < -0.4 is 10.6 Å². The molecular formula is C19H29N5. The highest BCUT2D eigenvalue weighted by Crippen LogP contribution is 2.19. The molecule has 0 fully saturated rings. The van der Waals surface area contributed by atoms with Gasteiger partial charge in [-0.1, -0.05) is 37.3 Å². The normalized spacial score (nSPS) is 12.8. The minimum atomic E-state index is 0.464. The fourth-order valence-electron chi connectivity index (χ4n) is 2.62. The van der Waals surface area contributed by atoms with E-state index in [1.807, 2.05) is 23.1 Å². The summed E-state index contributed by atoms with van der Waals surface area (Å²) >= 11 is 0. The van der Waals surface area contributed by atoms with Gasteiger partial charge in [-0.2, -0.15) is 5.10 Å². The Balaban J connectivity index is 1.82. The van der Waals surface area contributed by atoms with Crippen molar-refractivity contribution in [1.82, 2.24) is 20.4 Å². The minimum absolute atomic E-state index is 0.464. The van der Waals surface area contributed by atoms with Crippen LogP contribution in [0.3, 0.4) is 0 Å². The molecule has 5 nitrogen and oxygen atoms in total. The zero-order chi connectivity index (χ0) is 17.0. The summed E-state index contributed by atoms with van der Waals surface area (Å²) in [6, 6.07) is 12.6. The van der Waals surface area contributed by atoms with Gasteiger partial charge in [0, 0.05) is 44.5 Å². The van der Waals surface area contributed by atoms with E-state index >= 15 is 0 Å². The molecule has 0 radical (unpaired) electrons. The number of nitrogens with one attached hydrogen (secondary N) is 2. The van der Waals surface area contributed by atoms with Crippen LogP contribution in [0, 0.1) is 0 Å². The van der Waals surface area contributed by atoms with Crippen LogP contribution in [0.1, 0.15) is 38.2 Å². The Morgan fingerprint density at radius 2 is 2.00 bits per heavy atom. The monoisotopic (exact) mass is 327 g/mol. The Hall–Kier alpha value is -2.30. The highest BCUT2D eigenvalue weighted by Gasteiger charge is 2.08. The predicted octanol–water partition coefficient (Wildman–Crippen LogP) is 3.02. The second-order valence-corrected chi connectivity index (χ2v) is 5.78. The van der Waals surface area contributed by atoms with Crippen molar-refractivity contribution >= 4 is 5.96 Å². The molecule has 0 aliphatic rings. The number of aliphatic imine (C=N–C) groups is 1. The van der Waals surface area contributed by atoms with E-state index in [1.54, 1.807) is 0 Å². The van der Waals surface area contributed by atoms with Gasteiger partial charge in [0.25, 0.3) is 0 Å². The van der Waals surface area contributed by atoms with Crippen molar-refractivity contribution in [2.24, 2.45) is 4.99 Å². The number of hydrogen-bond donors (Lipinski definition) is 2. The lowest BCUT2D eigenvalue weighted by atomic mass is 9.97. The molecule has 1 atom stereocenters. The molecule has 0 saturated carbocycles. The first kappa shape index (κ1) is 18.0. The topological polar surface area (TPSA) is 54.2 Å². The van der Waals surface area contributed by atoms with Gasteiger partial charge in [0.2, 0.25) is 0 Å². The van der Waals surface area contributed by atoms with Gasteiger partial charge in [0.15, 0.2) is 5.96 Å². The summed E-state index contributed by atoms with van der Waals surface area (Å²) in [6.07, 6.45) is 5.91. The molecule has 0 amide bonds. The molecule has 0 aliphatic heterocycles. The first-order valence-electron chi connectivity index (χ1n) is 8.88. The van der Waals surface area contributed by atoms with E-state index in [-0.39, 0.29) is 0 Å². The van der Waals surface area contributed by atoms with Crippen LogP contribution in [0.5, 0.6) is 0 Å². The average molecular weight is 327 g/mol. The van der Waals surface area contributed by atoms with Crippen molar-refractivity contribution in [2.75, 3.05) is 19.6 Å². The molecule has 24 heavy (non-hydrogen) atoms. The minimum Gasteiger partial charge on any atom is -0.357 e. The summed E-state index contributed by atoms with van der Waals surface area (Å²) in [6.45, 7) is 7.78. The zero-order valence-corrected chi connectivity index (χ0v) is 14.8. The zero-order valence-electron chi connectivity index (χ0n) is 14.8. The Morgan fingerprint density at radius 1 is 1.17 bits per heavy atom. The summed E-state index contributed by atoms with van der Waals surface area (Å²) in [5.74, 6) is 1.36. The summed E-state index contributed by atoms with van der Waals surface area (Å²) in [7, 11) is 0. The molecule has 5 heteroatoms. The van der Waals surface area contributed by atoms with E-state index in [9.17, 15) is 0 Å². The van der Waals surface area contributed by atoms with E-state index in [2.05, 4.69) is 59.9 Å². The van der Waals surface area contributed by atoms with Crippen LogP contribution in [0.4, 0.5) is 0 Å². The third-order valence-electron chi connectivity index (χ3n) is 3.99. The number of benzene rings is 1. The number of hydrogen-bond acceptors (Lipinski definition) is 2. The van der Waals surface area contributed by atoms with E-state index in [0.29, 0.717) is 5.92 Å². The molecular weight excluding hydrogens is 298 g/mol. The summed E-state index contributed by atoms with van der Waals surface area (Å²) in [4.78, 5) is 4.77. The Labute approximate surface area is 145 Å². The molecule has 0 aliphatic carbocycles. The molecule has 0 spiro atoms. The van der Waals surface area contributed by atoms with Gasteiger partial charge in [-0.15, -0.1) is 0 Å². The smallest absolute Gasteiger partial charge is 0.191 e. The average Bonchev–Trinajstić information content (AvgIpc) is 3.13. The van der Waals surface area contributed by atoms with Crippen molar-refractivity contribution in [3.05, 3.63) is 54.4 Å². The van der Waals surface area contributed by atoms with Crippen LogP contribution in [-0.2, 0) is 6.54 Å². The molecule has 1 aromatic heterocycles. The Morgan fingerprint density at radius 3 is 2.67 bits per heavy atom. The second-order valence-electron chi connectivity index (χ2n) is 5.78. The fraction of sp³-hybridized carbons (Fsp3) is 0.474. The van der Waals surface area contributed by atoms with Gasteiger partial charge in [-0.05, 0) is 31.4 Å². The third kappa shape index (κ3) is 6.07. The SMILES string of the molecule is CCNC(=NCC(CC)c1ccccc1)NCCCn1cccn1. The standard InChI is InChI=1S/C19H29N5/c1-3-17(18-10-6-5-7-11-18)16-22-19(20-4-2)21-12-8-14-24-15-9-13-23-24/h5-7,9-11,13,15,17H,3-4,8,12,14,16H2,1-2H3,(H2,20,21,22). The predicted molar refractivity (Wildman–Crippen MR) is 100 cm³/mol. The van der Waals surface area contributed by atoms with E-state index in [4.69, 9.17) is 4.99 Å². The van der Waals surface area contributed by atoms with Gasteiger partial charge in [-0.25, -0.2) is 0 Å². The van der Waals surface area contributed by atoms with Gasteiger partial charge in [-0.3, -0.25) is 9.67 Å². The summed E-state index contributed by atoms with van der Waals surface area (Å²) in [5.41, 5.74) is 1.36. The molecule has 1 aromatic carbocycles. The van der Waals surface area contributed by atoms with Crippen LogP contribution in [-0.4, -0.2) is 35.4 Å². The molecule has 0 bridgehead atoms. The lowest BCUT2D eigenvalue weighted by Crippen LogP contribution is -2.38. The van der Waals surface area contributed by atoms with Gasteiger partial charge < -0.3 is 10.6 Å². The van der Waals surface area contributed by atoms with Crippen molar-refractivity contribution < 1.29 is 0 Å². The first-order chi connectivity index (χ1) is 11.8. The number of guanidine groups is 1. The van der Waals surface area contributed by atoms with E-state index in [0.717, 1.165) is 45.0 Å². The lowest BCUT2D eigenvalue weighted by molar-refractivity contribution is 0.569. The van der Waals surface area contributed by atoms with Crippen molar-refractivity contribution in [2.45, 2.75) is 39.2 Å². The van der Waals surface area contributed by atoms with Crippen molar-refractivity contribution in [3.63, 3.8) is 0 Å². The summed E-state index contributed by atoms with van der Waals surface area (Å²) < 4.78 is 1.95. The number of aryl methyl sites for hydroxylation is 1. The molecule has 2 N–H and O–H groups in total. The molecule has 1 unspecified atom stereocenters. The van der Waals surface area contributed by atoms with Crippen LogP contribution in [0.25, 0.3) is 0 Å². The highest BCUT2D eigenvalue weighted by atomic mass is 15.3. The Kier molecular flexibility index (Phi) is 7.87. The van der Waals surface area contributed by atoms with Crippen molar-refractivity contribution in [1.29, 1.82) is 0 Å². The number of nitrogens with zero attached hydrogens (tertiary/aromatic N) is 3. The highest BCUT2D eigenvalue weighted by molar-refractivity contribution is 5.79. The van der Waals surface area contributed by atoms with Gasteiger partial charge in [0.1, 0.15) is 0 Å². The molecule has 130 valence electrons. The lowest BCUT2D eigenvalue weighted by Gasteiger charge is -2.15. The maximum atomic E-state index is 4.77. The second kappa shape index (κ2) is 10.5. The van der Waals surface area contributed by atoms with Crippen LogP contribution in [0.15, 0.2) is 53.8 Å². The third-order valence-corrected chi connectivity index (χ3v) is 3.99.